The Morgan fingerprint density at radius 3 is 1.62 bits per heavy atom. The van der Waals surface area contributed by atoms with Crippen molar-refractivity contribution in [2.45, 2.75) is 12.6 Å². The molecule has 1 radical (unpaired) electrons. The van der Waals surface area contributed by atoms with Crippen molar-refractivity contribution in [3.05, 3.63) is 4.84 Å². The van der Waals surface area contributed by atoms with E-state index in [4.69, 9.17) is 23.2 Å². The van der Waals surface area contributed by atoms with Gasteiger partial charge in [0.1, 0.15) is 0 Å². The molecular formula is C3H2Cl2F3. The zero-order valence-electron chi connectivity index (χ0n) is 3.60. The minimum Gasteiger partial charge on any atom is -0.171 e. The summed E-state index contributed by atoms with van der Waals surface area (Å²) in [5.74, 6) is 0. The molecule has 0 nitrogen and oxygen atoms in total. The maximum atomic E-state index is 11.1. The van der Waals surface area contributed by atoms with Crippen molar-refractivity contribution in [3.8, 4) is 0 Å². The van der Waals surface area contributed by atoms with Crippen LogP contribution in [-0.4, -0.2) is 6.18 Å². The van der Waals surface area contributed by atoms with Crippen molar-refractivity contribution >= 4 is 23.2 Å². The van der Waals surface area contributed by atoms with Crippen LogP contribution in [0, 0.1) is 4.84 Å². The lowest BCUT2D eigenvalue weighted by Gasteiger charge is -2.03. The van der Waals surface area contributed by atoms with Crippen LogP contribution >= 0.6 is 23.2 Å². The van der Waals surface area contributed by atoms with Gasteiger partial charge in [-0.2, -0.15) is 13.2 Å². The van der Waals surface area contributed by atoms with Gasteiger partial charge in [-0.25, -0.2) is 0 Å². The van der Waals surface area contributed by atoms with Crippen molar-refractivity contribution in [2.75, 3.05) is 0 Å². The monoisotopic (exact) mass is 165 g/mol. The second kappa shape index (κ2) is 2.78. The molecular weight excluding hydrogens is 164 g/mol. The van der Waals surface area contributed by atoms with E-state index < -0.39 is 17.4 Å². The SMILES string of the molecule is FC(F)(F)C[C](Cl)Cl. The van der Waals surface area contributed by atoms with Gasteiger partial charge in [-0.3, -0.25) is 0 Å². The van der Waals surface area contributed by atoms with Crippen molar-refractivity contribution in [1.82, 2.24) is 0 Å². The standard InChI is InChI=1S/C3H2Cl2F3/c4-2(5)1-3(6,7)8/h1H2. The first-order chi connectivity index (χ1) is 3.42. The van der Waals surface area contributed by atoms with Gasteiger partial charge < -0.3 is 0 Å². The van der Waals surface area contributed by atoms with E-state index in [0.29, 0.717) is 0 Å². The summed E-state index contributed by atoms with van der Waals surface area (Å²) >= 11 is 9.45. The predicted octanol–water partition coefficient (Wildman–Crippen LogP) is 2.91. The van der Waals surface area contributed by atoms with E-state index in [1.807, 2.05) is 0 Å². The fourth-order valence-electron chi connectivity index (χ4n) is 0.152. The van der Waals surface area contributed by atoms with Crippen LogP contribution in [0.5, 0.6) is 0 Å². The van der Waals surface area contributed by atoms with Gasteiger partial charge in [0.2, 0.25) is 0 Å². The highest BCUT2D eigenvalue weighted by molar-refractivity contribution is 6.52. The fraction of sp³-hybridized carbons (Fsp3) is 0.667. The molecule has 0 spiro atoms. The molecule has 0 fully saturated rings. The second-order valence-electron chi connectivity index (χ2n) is 1.13. The Morgan fingerprint density at radius 2 is 1.62 bits per heavy atom. The molecule has 0 aromatic rings. The Kier molecular flexibility index (Phi) is 2.91. The molecule has 0 saturated heterocycles. The molecule has 0 bridgehead atoms. The third-order valence-electron chi connectivity index (χ3n) is 0.334. The summed E-state index contributed by atoms with van der Waals surface area (Å²) in [6.07, 6.45) is -5.51. The van der Waals surface area contributed by atoms with E-state index in [2.05, 4.69) is 0 Å². The molecule has 0 rings (SSSR count). The normalized spacial score (nSPS) is 12.8. The minimum absolute atomic E-state index is 0.655. The van der Waals surface area contributed by atoms with Gasteiger partial charge in [-0.1, -0.05) is 23.2 Å². The smallest absolute Gasteiger partial charge is 0.171 e. The Bertz CT molecular complexity index is 67.4. The number of halogens is 5. The van der Waals surface area contributed by atoms with Gasteiger partial charge in [0, 0.05) is 0 Å². The summed E-state index contributed by atoms with van der Waals surface area (Å²) in [5.41, 5.74) is 0. The lowest BCUT2D eigenvalue weighted by Crippen LogP contribution is -2.07. The summed E-state index contributed by atoms with van der Waals surface area (Å²) in [5, 5.41) is 0. The molecule has 0 saturated carbocycles. The molecule has 0 aliphatic carbocycles. The predicted molar refractivity (Wildman–Crippen MR) is 25.6 cm³/mol. The highest BCUT2D eigenvalue weighted by Crippen LogP contribution is 2.30. The van der Waals surface area contributed by atoms with E-state index in [1.165, 1.54) is 0 Å². The van der Waals surface area contributed by atoms with Crippen molar-refractivity contribution in [1.29, 1.82) is 0 Å². The summed E-state index contributed by atoms with van der Waals surface area (Å²) in [6.45, 7) is 0. The fourth-order valence-corrected chi connectivity index (χ4v) is 0.455. The van der Waals surface area contributed by atoms with Crippen LogP contribution in [0.15, 0.2) is 0 Å². The second-order valence-corrected chi connectivity index (χ2v) is 2.24. The Morgan fingerprint density at radius 1 is 1.25 bits per heavy atom. The van der Waals surface area contributed by atoms with Crippen LogP contribution < -0.4 is 0 Å². The molecule has 5 heteroatoms. The zero-order chi connectivity index (χ0) is 6.78. The first-order valence-electron chi connectivity index (χ1n) is 1.65. The highest BCUT2D eigenvalue weighted by Gasteiger charge is 2.30. The van der Waals surface area contributed by atoms with Crippen LogP contribution in [0.4, 0.5) is 13.2 Å². The van der Waals surface area contributed by atoms with Crippen LogP contribution in [0.2, 0.25) is 0 Å². The molecule has 0 N–H and O–H groups in total. The molecule has 0 aliphatic heterocycles. The molecule has 0 heterocycles. The lowest BCUT2D eigenvalue weighted by atomic mass is 10.5. The van der Waals surface area contributed by atoms with Crippen molar-refractivity contribution < 1.29 is 13.2 Å². The van der Waals surface area contributed by atoms with E-state index in [0.717, 1.165) is 0 Å². The van der Waals surface area contributed by atoms with Crippen LogP contribution in [0.25, 0.3) is 0 Å². The topological polar surface area (TPSA) is 0 Å². The summed E-state index contributed by atoms with van der Waals surface area (Å²) in [4.78, 5) is -0.655. The van der Waals surface area contributed by atoms with Crippen molar-refractivity contribution in [2.24, 2.45) is 0 Å². The van der Waals surface area contributed by atoms with Gasteiger partial charge in [-0.15, -0.1) is 0 Å². The average molecular weight is 166 g/mol. The molecule has 49 valence electrons. The molecule has 0 aromatic heterocycles. The number of alkyl halides is 3. The van der Waals surface area contributed by atoms with Crippen molar-refractivity contribution in [3.63, 3.8) is 0 Å². The molecule has 0 amide bonds. The van der Waals surface area contributed by atoms with Crippen LogP contribution in [-0.2, 0) is 0 Å². The van der Waals surface area contributed by atoms with E-state index >= 15 is 0 Å². The van der Waals surface area contributed by atoms with Crippen LogP contribution in [0.1, 0.15) is 6.42 Å². The third-order valence-corrected chi connectivity index (χ3v) is 0.601. The quantitative estimate of drug-likeness (QED) is 0.561. The van der Waals surface area contributed by atoms with Gasteiger partial charge in [0.15, 0.2) is 4.84 Å². The first-order valence-corrected chi connectivity index (χ1v) is 2.41. The molecule has 0 unspecified atom stereocenters. The number of hydrogen-bond acceptors (Lipinski definition) is 0. The molecule has 0 atom stereocenters. The van der Waals surface area contributed by atoms with Crippen LogP contribution in [0.3, 0.4) is 0 Å². The summed E-state index contributed by atoms with van der Waals surface area (Å²) < 4.78 is 33.4. The lowest BCUT2D eigenvalue weighted by molar-refractivity contribution is -0.127. The molecule has 8 heavy (non-hydrogen) atoms. The van der Waals surface area contributed by atoms with E-state index in [9.17, 15) is 13.2 Å². The highest BCUT2D eigenvalue weighted by atomic mass is 35.5. The van der Waals surface area contributed by atoms with E-state index in [1.54, 1.807) is 0 Å². The number of rotatable bonds is 1. The maximum absolute atomic E-state index is 11.1. The maximum Gasteiger partial charge on any atom is 0.392 e. The largest absolute Gasteiger partial charge is 0.392 e. The molecule has 0 aliphatic rings. The van der Waals surface area contributed by atoms with Gasteiger partial charge in [0.05, 0.1) is 6.42 Å². The Balaban J connectivity index is 3.39. The summed E-state index contributed by atoms with van der Waals surface area (Å²) in [7, 11) is 0. The van der Waals surface area contributed by atoms with Gasteiger partial charge >= 0.3 is 6.18 Å². The number of hydrogen-bond donors (Lipinski definition) is 0. The Hall–Kier alpha value is 0.370. The Labute approximate surface area is 54.6 Å². The van der Waals surface area contributed by atoms with Gasteiger partial charge in [0.25, 0.3) is 0 Å². The zero-order valence-corrected chi connectivity index (χ0v) is 5.11. The first kappa shape index (κ1) is 8.37. The van der Waals surface area contributed by atoms with Gasteiger partial charge in [-0.05, 0) is 0 Å². The molecule has 0 aromatic carbocycles. The summed E-state index contributed by atoms with van der Waals surface area (Å²) in [6, 6.07) is 0. The third kappa shape index (κ3) is 6.37. The minimum atomic E-state index is -4.28. The van der Waals surface area contributed by atoms with E-state index in [-0.39, 0.29) is 0 Å². The average Bonchev–Trinajstić information content (AvgIpc) is 1.21.